The smallest absolute Gasteiger partial charge is 0.154 e. The Morgan fingerprint density at radius 2 is 2.25 bits per heavy atom. The van der Waals surface area contributed by atoms with Crippen LogP contribution in [-0.4, -0.2) is 16.5 Å². The van der Waals surface area contributed by atoms with Crippen LogP contribution in [0.3, 0.4) is 0 Å². The molecule has 1 rings (SSSR count). The van der Waals surface area contributed by atoms with E-state index in [0.29, 0.717) is 5.92 Å². The zero-order chi connectivity index (χ0) is 6.15. The van der Waals surface area contributed by atoms with Gasteiger partial charge in [-0.1, -0.05) is 13.3 Å². The van der Waals surface area contributed by atoms with Crippen LogP contribution in [0.15, 0.2) is 0 Å². The van der Waals surface area contributed by atoms with Crippen LogP contribution < -0.4 is 0 Å². The van der Waals surface area contributed by atoms with Crippen LogP contribution in [0.25, 0.3) is 0 Å². The molecule has 1 fully saturated rings. The number of hydrogen-bond donors (Lipinski definition) is 2. The molecule has 2 heteroatoms. The molecular formula is C6H12O2. The molecule has 8 heavy (non-hydrogen) atoms. The van der Waals surface area contributed by atoms with Gasteiger partial charge in [-0.25, -0.2) is 0 Å². The van der Waals surface area contributed by atoms with E-state index in [1.807, 2.05) is 0 Å². The van der Waals surface area contributed by atoms with Crippen molar-refractivity contribution in [3.63, 3.8) is 0 Å². The fourth-order valence-corrected chi connectivity index (χ4v) is 1.11. The van der Waals surface area contributed by atoms with Crippen molar-refractivity contribution < 1.29 is 10.2 Å². The van der Waals surface area contributed by atoms with Gasteiger partial charge in [-0.15, -0.1) is 0 Å². The van der Waals surface area contributed by atoms with Crippen molar-refractivity contribution in [1.29, 1.82) is 0 Å². The van der Waals surface area contributed by atoms with E-state index < -0.39 is 6.29 Å². The van der Waals surface area contributed by atoms with Gasteiger partial charge in [0.05, 0.1) is 0 Å². The molecule has 0 aromatic heterocycles. The molecule has 48 valence electrons. The monoisotopic (exact) mass is 116 g/mol. The molecule has 2 unspecified atom stereocenters. The number of aliphatic hydroxyl groups is 2. The first-order chi connectivity index (χ1) is 3.75. The minimum atomic E-state index is -1.06. The minimum absolute atomic E-state index is 0.194. The van der Waals surface area contributed by atoms with Crippen LogP contribution in [0, 0.1) is 11.8 Å². The molecule has 1 saturated carbocycles. The molecule has 0 bridgehead atoms. The van der Waals surface area contributed by atoms with E-state index in [0.717, 1.165) is 12.8 Å². The molecule has 0 aromatic carbocycles. The molecule has 0 heterocycles. The van der Waals surface area contributed by atoms with Crippen LogP contribution in [0.1, 0.15) is 19.8 Å². The topological polar surface area (TPSA) is 40.5 Å². The van der Waals surface area contributed by atoms with Crippen LogP contribution in [0.2, 0.25) is 0 Å². The van der Waals surface area contributed by atoms with E-state index in [4.69, 9.17) is 10.2 Å². The lowest BCUT2D eigenvalue weighted by atomic mass is 10.2. The summed E-state index contributed by atoms with van der Waals surface area (Å²) >= 11 is 0. The Kier molecular flexibility index (Phi) is 1.54. The van der Waals surface area contributed by atoms with Crippen LogP contribution in [-0.2, 0) is 0 Å². The molecule has 1 aliphatic rings. The Bertz CT molecular complexity index is 80.6. The highest BCUT2D eigenvalue weighted by atomic mass is 16.5. The van der Waals surface area contributed by atoms with Gasteiger partial charge in [-0.2, -0.15) is 0 Å². The molecule has 0 amide bonds. The third-order valence-corrected chi connectivity index (χ3v) is 1.88. The van der Waals surface area contributed by atoms with Crippen molar-refractivity contribution in [3.8, 4) is 0 Å². The summed E-state index contributed by atoms with van der Waals surface area (Å²) in [6, 6.07) is 0. The van der Waals surface area contributed by atoms with Crippen molar-refractivity contribution in [2.24, 2.45) is 11.8 Å². The van der Waals surface area contributed by atoms with Crippen LogP contribution in [0.5, 0.6) is 0 Å². The summed E-state index contributed by atoms with van der Waals surface area (Å²) in [5, 5.41) is 17.1. The highest BCUT2D eigenvalue weighted by molar-refractivity contribution is 4.86. The van der Waals surface area contributed by atoms with E-state index in [1.165, 1.54) is 0 Å². The third kappa shape index (κ3) is 1.01. The van der Waals surface area contributed by atoms with Gasteiger partial charge in [0.2, 0.25) is 0 Å². The molecule has 1 aliphatic carbocycles. The SMILES string of the molecule is CCC1CC1C(O)O. The van der Waals surface area contributed by atoms with E-state index in [9.17, 15) is 0 Å². The zero-order valence-corrected chi connectivity index (χ0v) is 5.04. The second kappa shape index (κ2) is 2.03. The van der Waals surface area contributed by atoms with E-state index >= 15 is 0 Å². The van der Waals surface area contributed by atoms with E-state index in [-0.39, 0.29) is 5.92 Å². The van der Waals surface area contributed by atoms with Crippen molar-refractivity contribution in [2.45, 2.75) is 26.1 Å². The first kappa shape index (κ1) is 6.05. The van der Waals surface area contributed by atoms with Gasteiger partial charge in [-0.3, -0.25) is 0 Å². The Morgan fingerprint density at radius 3 is 2.38 bits per heavy atom. The van der Waals surface area contributed by atoms with E-state index in [2.05, 4.69) is 6.92 Å². The maximum atomic E-state index is 8.55. The van der Waals surface area contributed by atoms with Crippen LogP contribution in [0.4, 0.5) is 0 Å². The lowest BCUT2D eigenvalue weighted by molar-refractivity contribution is -0.0601. The number of rotatable bonds is 2. The molecule has 0 aromatic rings. The quantitative estimate of drug-likeness (QED) is 0.511. The maximum absolute atomic E-state index is 8.55. The largest absolute Gasteiger partial charge is 0.368 e. The number of hydrogen-bond acceptors (Lipinski definition) is 2. The predicted octanol–water partition coefficient (Wildman–Crippen LogP) is 0.343. The first-order valence-electron chi connectivity index (χ1n) is 3.11. The van der Waals surface area contributed by atoms with Crippen molar-refractivity contribution in [2.75, 3.05) is 0 Å². The summed E-state index contributed by atoms with van der Waals surface area (Å²) in [5.41, 5.74) is 0. The Labute approximate surface area is 49.1 Å². The van der Waals surface area contributed by atoms with Crippen molar-refractivity contribution >= 4 is 0 Å². The average Bonchev–Trinajstić information content (AvgIpc) is 2.42. The van der Waals surface area contributed by atoms with Gasteiger partial charge in [0.25, 0.3) is 0 Å². The van der Waals surface area contributed by atoms with Crippen molar-refractivity contribution in [3.05, 3.63) is 0 Å². The molecule has 2 nitrogen and oxygen atoms in total. The minimum Gasteiger partial charge on any atom is -0.368 e. The maximum Gasteiger partial charge on any atom is 0.154 e. The Balaban J connectivity index is 2.16. The number of aliphatic hydroxyl groups excluding tert-OH is 1. The van der Waals surface area contributed by atoms with Crippen molar-refractivity contribution in [1.82, 2.24) is 0 Å². The summed E-state index contributed by atoms with van der Waals surface area (Å²) < 4.78 is 0. The van der Waals surface area contributed by atoms with Gasteiger partial charge < -0.3 is 10.2 Å². The molecular weight excluding hydrogens is 104 g/mol. The predicted molar refractivity (Wildman–Crippen MR) is 30.1 cm³/mol. The molecule has 2 atom stereocenters. The Hall–Kier alpha value is -0.0800. The molecule has 0 saturated heterocycles. The van der Waals surface area contributed by atoms with Gasteiger partial charge in [0, 0.05) is 5.92 Å². The van der Waals surface area contributed by atoms with Gasteiger partial charge in [-0.05, 0) is 12.3 Å². The zero-order valence-electron chi connectivity index (χ0n) is 5.04. The fraction of sp³-hybridized carbons (Fsp3) is 1.00. The summed E-state index contributed by atoms with van der Waals surface area (Å²) in [7, 11) is 0. The first-order valence-corrected chi connectivity index (χ1v) is 3.11. The normalized spacial score (nSPS) is 36.0. The fourth-order valence-electron chi connectivity index (χ4n) is 1.11. The molecule has 0 aliphatic heterocycles. The van der Waals surface area contributed by atoms with Gasteiger partial charge >= 0.3 is 0 Å². The van der Waals surface area contributed by atoms with Crippen LogP contribution >= 0.6 is 0 Å². The lowest BCUT2D eigenvalue weighted by Crippen LogP contribution is -2.07. The highest BCUT2D eigenvalue weighted by Gasteiger charge is 2.39. The molecule has 2 N–H and O–H groups in total. The third-order valence-electron chi connectivity index (χ3n) is 1.88. The Morgan fingerprint density at radius 1 is 1.62 bits per heavy atom. The second-order valence-electron chi connectivity index (χ2n) is 2.48. The summed E-state index contributed by atoms with van der Waals surface area (Å²) in [6.45, 7) is 2.08. The summed E-state index contributed by atoms with van der Waals surface area (Å²) in [6.07, 6.45) is 1.04. The standard InChI is InChI=1S/C6H12O2/c1-2-4-3-5(4)6(7)8/h4-8H,2-3H2,1H3. The highest BCUT2D eigenvalue weighted by Crippen LogP contribution is 2.42. The lowest BCUT2D eigenvalue weighted by Gasteiger charge is -1.97. The average molecular weight is 116 g/mol. The van der Waals surface area contributed by atoms with Gasteiger partial charge in [0.15, 0.2) is 6.29 Å². The summed E-state index contributed by atoms with van der Waals surface area (Å²) in [4.78, 5) is 0. The van der Waals surface area contributed by atoms with Gasteiger partial charge in [0.1, 0.15) is 0 Å². The summed E-state index contributed by atoms with van der Waals surface area (Å²) in [5.74, 6) is 0.787. The molecule has 0 spiro atoms. The second-order valence-corrected chi connectivity index (χ2v) is 2.48. The van der Waals surface area contributed by atoms with E-state index in [1.54, 1.807) is 0 Å². The molecule has 0 radical (unpaired) electrons.